The average Bonchev–Trinajstić information content (AvgIpc) is 2.49. The molecular formula is C15H13NO5. The van der Waals surface area contributed by atoms with E-state index in [2.05, 4.69) is 10.1 Å². The Balaban J connectivity index is 2.32. The molecule has 0 radical (unpaired) electrons. The summed E-state index contributed by atoms with van der Waals surface area (Å²) in [6.07, 6.45) is 0. The number of rotatable bonds is 3. The van der Waals surface area contributed by atoms with E-state index in [1.54, 1.807) is 12.1 Å². The van der Waals surface area contributed by atoms with Crippen LogP contribution in [0.15, 0.2) is 42.5 Å². The lowest BCUT2D eigenvalue weighted by molar-refractivity contribution is 0.0602. The fraction of sp³-hybridized carbons (Fsp3) is 0.0667. The van der Waals surface area contributed by atoms with Crippen LogP contribution in [-0.2, 0) is 4.74 Å². The van der Waals surface area contributed by atoms with Crippen LogP contribution in [-0.4, -0.2) is 29.2 Å². The first-order valence-corrected chi connectivity index (χ1v) is 6.03. The Kier molecular flexibility index (Phi) is 4.08. The van der Waals surface area contributed by atoms with Crippen molar-refractivity contribution in [2.75, 3.05) is 12.4 Å². The van der Waals surface area contributed by atoms with Gasteiger partial charge in [-0.05, 0) is 30.3 Å². The van der Waals surface area contributed by atoms with E-state index < -0.39 is 11.9 Å². The average molecular weight is 287 g/mol. The first-order valence-electron chi connectivity index (χ1n) is 6.03. The molecule has 2 aromatic rings. The minimum Gasteiger partial charge on any atom is -0.508 e. The van der Waals surface area contributed by atoms with Gasteiger partial charge >= 0.3 is 5.97 Å². The van der Waals surface area contributed by atoms with Crippen molar-refractivity contribution in [1.82, 2.24) is 0 Å². The lowest BCUT2D eigenvalue weighted by Crippen LogP contribution is -2.15. The van der Waals surface area contributed by atoms with Crippen molar-refractivity contribution in [3.63, 3.8) is 0 Å². The number of hydrogen-bond donors (Lipinski definition) is 3. The molecule has 3 N–H and O–H groups in total. The zero-order chi connectivity index (χ0) is 15.4. The van der Waals surface area contributed by atoms with Gasteiger partial charge in [0.25, 0.3) is 5.91 Å². The zero-order valence-corrected chi connectivity index (χ0v) is 11.2. The van der Waals surface area contributed by atoms with E-state index in [1.165, 1.54) is 31.4 Å². The van der Waals surface area contributed by atoms with E-state index >= 15 is 0 Å². The summed E-state index contributed by atoms with van der Waals surface area (Å²) in [4.78, 5) is 23.7. The highest BCUT2D eigenvalue weighted by Gasteiger charge is 2.16. The monoisotopic (exact) mass is 287 g/mol. The highest BCUT2D eigenvalue weighted by Crippen LogP contribution is 2.24. The molecule has 1 amide bonds. The van der Waals surface area contributed by atoms with Crippen molar-refractivity contribution in [1.29, 1.82) is 0 Å². The number of nitrogens with one attached hydrogen (secondary N) is 1. The summed E-state index contributed by atoms with van der Waals surface area (Å²) in [5.74, 6) is -1.68. The van der Waals surface area contributed by atoms with Crippen LogP contribution in [0, 0.1) is 0 Å². The van der Waals surface area contributed by atoms with Crippen molar-refractivity contribution >= 4 is 17.6 Å². The maximum absolute atomic E-state index is 12.1. The van der Waals surface area contributed by atoms with E-state index in [-0.39, 0.29) is 28.3 Å². The fourth-order valence-electron chi connectivity index (χ4n) is 1.78. The summed E-state index contributed by atoms with van der Waals surface area (Å²) >= 11 is 0. The summed E-state index contributed by atoms with van der Waals surface area (Å²) in [6, 6.07) is 9.91. The first-order chi connectivity index (χ1) is 10.0. The Bertz CT molecular complexity index is 696. The number of hydrogen-bond acceptors (Lipinski definition) is 5. The Morgan fingerprint density at radius 3 is 2.48 bits per heavy atom. The van der Waals surface area contributed by atoms with Crippen LogP contribution < -0.4 is 5.32 Å². The molecule has 0 saturated carbocycles. The molecule has 0 aromatic heterocycles. The van der Waals surface area contributed by atoms with Crippen LogP contribution in [0.25, 0.3) is 0 Å². The number of carbonyl (C=O) groups excluding carboxylic acids is 2. The van der Waals surface area contributed by atoms with Crippen LogP contribution in [0.2, 0.25) is 0 Å². The molecule has 108 valence electrons. The van der Waals surface area contributed by atoms with E-state index in [0.717, 1.165) is 6.07 Å². The topological polar surface area (TPSA) is 95.9 Å². The third-order valence-electron chi connectivity index (χ3n) is 2.81. The van der Waals surface area contributed by atoms with E-state index in [1.807, 2.05) is 0 Å². The number of aromatic hydroxyl groups is 2. The van der Waals surface area contributed by atoms with Gasteiger partial charge in [0.2, 0.25) is 0 Å². The third kappa shape index (κ3) is 3.11. The first kappa shape index (κ1) is 14.4. The van der Waals surface area contributed by atoms with Crippen molar-refractivity contribution in [2.45, 2.75) is 0 Å². The summed E-state index contributed by atoms with van der Waals surface area (Å²) < 4.78 is 4.63. The molecule has 0 spiro atoms. The van der Waals surface area contributed by atoms with Crippen molar-refractivity contribution in [2.24, 2.45) is 0 Å². The SMILES string of the molecule is COC(=O)c1ccccc1NC(=O)c1cc(O)ccc1O. The number of esters is 1. The number of anilines is 1. The quantitative estimate of drug-likeness (QED) is 0.593. The molecule has 0 heterocycles. The van der Waals surface area contributed by atoms with Crippen molar-refractivity contribution < 1.29 is 24.5 Å². The Morgan fingerprint density at radius 1 is 1.05 bits per heavy atom. The number of ether oxygens (including phenoxy) is 1. The molecule has 0 fully saturated rings. The minimum atomic E-state index is -0.653. The number of phenolic OH excluding ortho intramolecular Hbond substituents is 2. The summed E-state index contributed by atoms with van der Waals surface area (Å²) in [5.41, 5.74) is 0.333. The van der Waals surface area contributed by atoms with Crippen molar-refractivity contribution in [3.05, 3.63) is 53.6 Å². The maximum Gasteiger partial charge on any atom is 0.339 e. The number of benzene rings is 2. The molecule has 6 nitrogen and oxygen atoms in total. The maximum atomic E-state index is 12.1. The molecular weight excluding hydrogens is 274 g/mol. The fourth-order valence-corrected chi connectivity index (χ4v) is 1.78. The summed E-state index contributed by atoms with van der Waals surface area (Å²) in [7, 11) is 1.24. The van der Waals surface area contributed by atoms with Gasteiger partial charge in [-0.2, -0.15) is 0 Å². The van der Waals surface area contributed by atoms with Gasteiger partial charge in [-0.15, -0.1) is 0 Å². The van der Waals surface area contributed by atoms with Gasteiger partial charge in [0.15, 0.2) is 0 Å². The van der Waals surface area contributed by atoms with E-state index in [4.69, 9.17) is 0 Å². The molecule has 21 heavy (non-hydrogen) atoms. The minimum absolute atomic E-state index is 0.102. The lowest BCUT2D eigenvalue weighted by Gasteiger charge is -2.10. The van der Waals surface area contributed by atoms with Crippen molar-refractivity contribution in [3.8, 4) is 11.5 Å². The molecule has 0 bridgehead atoms. The molecule has 0 aliphatic heterocycles. The molecule has 0 aliphatic carbocycles. The second kappa shape index (κ2) is 5.96. The van der Waals surface area contributed by atoms with Crippen LogP contribution in [0.5, 0.6) is 11.5 Å². The molecule has 2 rings (SSSR count). The molecule has 0 atom stereocenters. The Morgan fingerprint density at radius 2 is 1.76 bits per heavy atom. The number of methoxy groups -OCH3 is 1. The van der Waals surface area contributed by atoms with Gasteiger partial charge in [0.05, 0.1) is 23.9 Å². The van der Waals surface area contributed by atoms with Gasteiger partial charge in [-0.25, -0.2) is 4.79 Å². The van der Waals surface area contributed by atoms with Gasteiger partial charge in [-0.3, -0.25) is 4.79 Å². The predicted octanol–water partition coefficient (Wildman–Crippen LogP) is 2.14. The van der Waals surface area contributed by atoms with Crippen LogP contribution >= 0.6 is 0 Å². The molecule has 2 aromatic carbocycles. The number of amides is 1. The second-order valence-electron chi connectivity index (χ2n) is 4.19. The normalized spacial score (nSPS) is 9.95. The molecule has 6 heteroatoms. The largest absolute Gasteiger partial charge is 0.508 e. The highest BCUT2D eigenvalue weighted by molar-refractivity contribution is 6.09. The van der Waals surface area contributed by atoms with Gasteiger partial charge in [0.1, 0.15) is 11.5 Å². The van der Waals surface area contributed by atoms with Crippen LogP contribution in [0.3, 0.4) is 0 Å². The Labute approximate surface area is 120 Å². The number of para-hydroxylation sites is 1. The van der Waals surface area contributed by atoms with E-state index in [9.17, 15) is 19.8 Å². The van der Waals surface area contributed by atoms with E-state index in [0.29, 0.717) is 0 Å². The van der Waals surface area contributed by atoms with Gasteiger partial charge < -0.3 is 20.3 Å². The summed E-state index contributed by atoms with van der Waals surface area (Å²) in [6.45, 7) is 0. The summed E-state index contributed by atoms with van der Waals surface area (Å²) in [5, 5.41) is 21.5. The predicted molar refractivity (Wildman–Crippen MR) is 75.5 cm³/mol. The highest BCUT2D eigenvalue weighted by atomic mass is 16.5. The van der Waals surface area contributed by atoms with Crippen LogP contribution in [0.4, 0.5) is 5.69 Å². The standard InChI is InChI=1S/C15H13NO5/c1-21-15(20)10-4-2-3-5-12(10)16-14(19)11-8-9(17)6-7-13(11)18/h2-8,17-18H,1H3,(H,16,19). The number of carbonyl (C=O) groups is 2. The Hall–Kier alpha value is -3.02. The number of phenols is 2. The molecule has 0 saturated heterocycles. The lowest BCUT2D eigenvalue weighted by atomic mass is 10.1. The second-order valence-corrected chi connectivity index (χ2v) is 4.19. The van der Waals surface area contributed by atoms with Crippen LogP contribution in [0.1, 0.15) is 20.7 Å². The zero-order valence-electron chi connectivity index (χ0n) is 11.2. The van der Waals surface area contributed by atoms with Gasteiger partial charge in [0, 0.05) is 0 Å². The smallest absolute Gasteiger partial charge is 0.339 e. The third-order valence-corrected chi connectivity index (χ3v) is 2.81. The molecule has 0 unspecified atom stereocenters. The molecule has 0 aliphatic rings. The van der Waals surface area contributed by atoms with Gasteiger partial charge in [-0.1, -0.05) is 12.1 Å².